The number of benzene rings is 2. The fourth-order valence-corrected chi connectivity index (χ4v) is 6.05. The van der Waals surface area contributed by atoms with Gasteiger partial charge in [0.2, 0.25) is 0 Å². The third-order valence-corrected chi connectivity index (χ3v) is 8.07. The highest BCUT2D eigenvalue weighted by atomic mass is 32.2. The first kappa shape index (κ1) is 24.5. The molecule has 0 spiro atoms. The predicted octanol–water partition coefficient (Wildman–Crippen LogP) is 4.69. The Morgan fingerprint density at radius 1 is 1.03 bits per heavy atom. The second-order valence-electron chi connectivity index (χ2n) is 8.34. The van der Waals surface area contributed by atoms with E-state index in [0.717, 1.165) is 9.87 Å². The molecule has 1 aliphatic heterocycles. The predicted molar refractivity (Wildman–Crippen MR) is 130 cm³/mol. The summed E-state index contributed by atoms with van der Waals surface area (Å²) >= 11 is 0. The maximum atomic E-state index is 14.4. The van der Waals surface area contributed by atoms with Gasteiger partial charge < -0.3 is 9.15 Å². The molecule has 0 bridgehead atoms. The zero-order chi connectivity index (χ0) is 25.2. The monoisotopic (exact) mass is 493 g/mol. The molecule has 1 aliphatic rings. The number of carbonyl (C=O) groups excluding carboxylic acids is 2. The minimum absolute atomic E-state index is 0.0152. The lowest BCUT2D eigenvalue weighted by Gasteiger charge is -2.44. The minimum atomic E-state index is -4.35. The number of rotatable bonds is 7. The lowest BCUT2D eigenvalue weighted by atomic mass is 9.65. The Morgan fingerprint density at radius 3 is 2.29 bits per heavy atom. The van der Waals surface area contributed by atoms with Crippen LogP contribution in [0.5, 0.6) is 0 Å². The Bertz CT molecular complexity index is 1340. The highest BCUT2D eigenvalue weighted by molar-refractivity contribution is 7.90. The molecule has 0 saturated heterocycles. The standard InChI is InChI=1S/C27H27NO6S/c1-4-27(20-10-7-6-8-11-20)22(25(29)33-5-2)18-23(24-12-9-17-34-24)28(26(27)30)35(31,32)21-15-13-19(3)14-16-21/h6-18,22H,4-5H2,1-3H3/t22-,27-/m1/s1. The number of hydrogen-bond donors (Lipinski definition) is 0. The molecule has 4 rings (SSSR count). The zero-order valence-corrected chi connectivity index (χ0v) is 20.6. The van der Waals surface area contributed by atoms with Crippen LogP contribution >= 0.6 is 0 Å². The van der Waals surface area contributed by atoms with Crippen LogP contribution in [0.3, 0.4) is 0 Å². The van der Waals surface area contributed by atoms with Gasteiger partial charge in [-0.25, -0.2) is 8.42 Å². The van der Waals surface area contributed by atoms with Gasteiger partial charge in [-0.05, 0) is 56.2 Å². The molecule has 35 heavy (non-hydrogen) atoms. The Balaban J connectivity index is 2.03. The van der Waals surface area contributed by atoms with Crippen LogP contribution in [-0.2, 0) is 29.8 Å². The van der Waals surface area contributed by atoms with Gasteiger partial charge in [-0.15, -0.1) is 0 Å². The van der Waals surface area contributed by atoms with Crippen LogP contribution < -0.4 is 0 Å². The Labute approximate surface area is 205 Å². The summed E-state index contributed by atoms with van der Waals surface area (Å²) in [5, 5.41) is 0. The van der Waals surface area contributed by atoms with Crippen molar-refractivity contribution in [1.82, 2.24) is 4.31 Å². The van der Waals surface area contributed by atoms with Gasteiger partial charge in [0.15, 0.2) is 5.76 Å². The van der Waals surface area contributed by atoms with Crippen molar-refractivity contribution in [2.75, 3.05) is 6.61 Å². The van der Waals surface area contributed by atoms with E-state index in [4.69, 9.17) is 9.15 Å². The lowest BCUT2D eigenvalue weighted by Crippen LogP contribution is -2.56. The van der Waals surface area contributed by atoms with E-state index in [2.05, 4.69) is 0 Å². The quantitative estimate of drug-likeness (QED) is 0.444. The minimum Gasteiger partial charge on any atom is -0.466 e. The molecule has 1 amide bonds. The molecule has 0 aliphatic carbocycles. The average Bonchev–Trinajstić information content (AvgIpc) is 3.39. The molecule has 0 unspecified atom stereocenters. The van der Waals surface area contributed by atoms with Crippen LogP contribution in [0.1, 0.15) is 37.2 Å². The number of sulfonamides is 1. The maximum Gasteiger partial charge on any atom is 0.314 e. The third-order valence-electron chi connectivity index (χ3n) is 6.36. The summed E-state index contributed by atoms with van der Waals surface area (Å²) in [5.74, 6) is -2.25. The Hall–Kier alpha value is -3.65. The number of aryl methyl sites for hydroxylation is 1. The third kappa shape index (κ3) is 4.08. The summed E-state index contributed by atoms with van der Waals surface area (Å²) in [6.07, 6.45) is 3.04. The van der Waals surface area contributed by atoms with Crippen molar-refractivity contribution in [3.05, 3.63) is 96.0 Å². The summed E-state index contributed by atoms with van der Waals surface area (Å²) in [6, 6.07) is 18.2. The number of amides is 1. The van der Waals surface area contributed by atoms with Crippen molar-refractivity contribution in [2.45, 2.75) is 37.5 Å². The van der Waals surface area contributed by atoms with Crippen molar-refractivity contribution in [3.63, 3.8) is 0 Å². The molecular formula is C27H27NO6S. The number of ether oxygens (including phenoxy) is 1. The van der Waals surface area contributed by atoms with Crippen molar-refractivity contribution in [2.24, 2.45) is 5.92 Å². The SMILES string of the molecule is CCOC(=O)[C@H]1C=C(c2ccco2)N(S(=O)(=O)c2ccc(C)cc2)C(=O)[C@]1(CC)c1ccccc1. The number of hydrogen-bond acceptors (Lipinski definition) is 6. The topological polar surface area (TPSA) is 93.9 Å². The second-order valence-corrected chi connectivity index (χ2v) is 10.1. The van der Waals surface area contributed by atoms with Gasteiger partial charge in [0, 0.05) is 0 Å². The van der Waals surface area contributed by atoms with E-state index >= 15 is 0 Å². The van der Waals surface area contributed by atoms with Crippen LogP contribution in [-0.4, -0.2) is 31.2 Å². The summed E-state index contributed by atoms with van der Waals surface area (Å²) in [5.41, 5.74) is -0.102. The Kier molecular flexibility index (Phi) is 6.67. The molecular weight excluding hydrogens is 466 g/mol. The van der Waals surface area contributed by atoms with Crippen molar-refractivity contribution in [3.8, 4) is 0 Å². The molecule has 0 N–H and O–H groups in total. The number of nitrogens with zero attached hydrogens (tertiary/aromatic N) is 1. The van der Waals surface area contributed by atoms with Crippen molar-refractivity contribution < 1.29 is 27.2 Å². The van der Waals surface area contributed by atoms with E-state index < -0.39 is 33.2 Å². The molecule has 2 heterocycles. The van der Waals surface area contributed by atoms with Gasteiger partial charge >= 0.3 is 5.97 Å². The molecule has 3 aromatic rings. The first-order chi connectivity index (χ1) is 16.8. The highest BCUT2D eigenvalue weighted by Gasteiger charge is 2.57. The molecule has 0 radical (unpaired) electrons. The lowest BCUT2D eigenvalue weighted by molar-refractivity contribution is -0.153. The normalized spacial score (nSPS) is 20.4. The maximum absolute atomic E-state index is 14.4. The van der Waals surface area contributed by atoms with E-state index in [1.807, 2.05) is 6.92 Å². The molecule has 1 aromatic heterocycles. The van der Waals surface area contributed by atoms with Crippen LogP contribution in [0.15, 0.2) is 88.4 Å². The number of esters is 1. The molecule has 7 nitrogen and oxygen atoms in total. The molecule has 0 fully saturated rings. The smallest absolute Gasteiger partial charge is 0.314 e. The first-order valence-corrected chi connectivity index (χ1v) is 12.9. The molecule has 0 saturated carbocycles. The van der Waals surface area contributed by atoms with Crippen molar-refractivity contribution in [1.29, 1.82) is 0 Å². The summed E-state index contributed by atoms with van der Waals surface area (Å²) in [4.78, 5) is 27.7. The second kappa shape index (κ2) is 9.54. The van der Waals surface area contributed by atoms with E-state index in [9.17, 15) is 18.0 Å². The zero-order valence-electron chi connectivity index (χ0n) is 19.8. The van der Waals surface area contributed by atoms with E-state index in [0.29, 0.717) is 5.56 Å². The van der Waals surface area contributed by atoms with Crippen LogP contribution in [0.2, 0.25) is 0 Å². The molecule has 2 aromatic carbocycles. The van der Waals surface area contributed by atoms with Crippen LogP contribution in [0.4, 0.5) is 0 Å². The van der Waals surface area contributed by atoms with E-state index in [-0.39, 0.29) is 29.4 Å². The average molecular weight is 494 g/mol. The van der Waals surface area contributed by atoms with Crippen LogP contribution in [0, 0.1) is 12.8 Å². The first-order valence-electron chi connectivity index (χ1n) is 11.4. The highest BCUT2D eigenvalue weighted by Crippen LogP contribution is 2.47. The molecule has 2 atom stereocenters. The number of furan rings is 1. The largest absolute Gasteiger partial charge is 0.466 e. The van der Waals surface area contributed by atoms with E-state index in [1.165, 1.54) is 24.5 Å². The molecule has 182 valence electrons. The van der Waals surface area contributed by atoms with Gasteiger partial charge in [-0.1, -0.05) is 55.0 Å². The summed E-state index contributed by atoms with van der Waals surface area (Å²) in [7, 11) is -4.35. The van der Waals surface area contributed by atoms with Gasteiger partial charge in [-0.2, -0.15) is 4.31 Å². The summed E-state index contributed by atoms with van der Waals surface area (Å²) in [6.45, 7) is 5.41. The van der Waals surface area contributed by atoms with Gasteiger partial charge in [-0.3, -0.25) is 9.59 Å². The summed E-state index contributed by atoms with van der Waals surface area (Å²) < 4.78 is 39.6. The Morgan fingerprint density at radius 2 is 1.71 bits per heavy atom. The molecule has 8 heteroatoms. The van der Waals surface area contributed by atoms with Gasteiger partial charge in [0.1, 0.15) is 0 Å². The number of carbonyl (C=O) groups is 2. The van der Waals surface area contributed by atoms with E-state index in [1.54, 1.807) is 68.4 Å². The van der Waals surface area contributed by atoms with Crippen molar-refractivity contribution >= 4 is 27.6 Å². The fourth-order valence-electron chi connectivity index (χ4n) is 4.57. The fraction of sp³-hybridized carbons (Fsp3) is 0.259. The van der Waals surface area contributed by atoms with Crippen LogP contribution in [0.25, 0.3) is 5.70 Å². The van der Waals surface area contributed by atoms with Gasteiger partial charge in [0.05, 0.1) is 34.8 Å². The van der Waals surface area contributed by atoms with Gasteiger partial charge in [0.25, 0.3) is 15.9 Å².